The van der Waals surface area contributed by atoms with Crippen molar-refractivity contribution < 1.29 is 9.53 Å². The van der Waals surface area contributed by atoms with Crippen LogP contribution in [0.4, 0.5) is 17.2 Å². The molecule has 3 aromatic rings. The number of benzene rings is 2. The number of aromatic nitrogens is 1. The molecule has 0 aliphatic carbocycles. The molecule has 160 valence electrons. The molecule has 1 aliphatic heterocycles. The van der Waals surface area contributed by atoms with Crippen LogP contribution in [0.2, 0.25) is 0 Å². The number of ether oxygens (including phenoxy) is 1. The summed E-state index contributed by atoms with van der Waals surface area (Å²) in [6.45, 7) is 0.741. The molecule has 1 atom stereocenters. The lowest BCUT2D eigenvalue weighted by molar-refractivity contribution is 0.102. The minimum Gasteiger partial charge on any atom is -0.463 e. The van der Waals surface area contributed by atoms with Crippen LogP contribution in [0.25, 0.3) is 0 Å². The summed E-state index contributed by atoms with van der Waals surface area (Å²) in [5.41, 5.74) is 4.31. The Labute approximate surface area is 182 Å². The van der Waals surface area contributed by atoms with Gasteiger partial charge in [0, 0.05) is 49.3 Å². The summed E-state index contributed by atoms with van der Waals surface area (Å²) in [7, 11) is 7.94. The molecule has 2 heterocycles. The minimum atomic E-state index is -0.361. The van der Waals surface area contributed by atoms with Crippen LogP contribution in [0.15, 0.2) is 60.8 Å². The molecule has 1 unspecified atom stereocenters. The van der Waals surface area contributed by atoms with Crippen LogP contribution in [0, 0.1) is 0 Å². The van der Waals surface area contributed by atoms with E-state index in [2.05, 4.69) is 26.6 Å². The largest absolute Gasteiger partial charge is 0.463 e. The zero-order valence-corrected chi connectivity index (χ0v) is 18.2. The molecule has 7 heteroatoms. The van der Waals surface area contributed by atoms with Crippen LogP contribution in [0.1, 0.15) is 27.7 Å². The van der Waals surface area contributed by atoms with Crippen LogP contribution in [-0.2, 0) is 6.54 Å². The predicted molar refractivity (Wildman–Crippen MR) is 124 cm³/mol. The number of anilines is 3. The van der Waals surface area contributed by atoms with Crippen molar-refractivity contribution in [1.29, 1.82) is 0 Å². The van der Waals surface area contributed by atoms with E-state index in [4.69, 9.17) is 4.74 Å². The molecule has 31 heavy (non-hydrogen) atoms. The second-order valence-electron chi connectivity index (χ2n) is 8.09. The highest BCUT2D eigenvalue weighted by molar-refractivity contribution is 6.04. The lowest BCUT2D eigenvalue weighted by atomic mass is 10.1. The van der Waals surface area contributed by atoms with Gasteiger partial charge in [-0.2, -0.15) is 0 Å². The fourth-order valence-corrected chi connectivity index (χ4v) is 3.55. The van der Waals surface area contributed by atoms with E-state index in [0.29, 0.717) is 5.56 Å². The van der Waals surface area contributed by atoms with Gasteiger partial charge in [0.2, 0.25) is 0 Å². The number of amides is 1. The topological polar surface area (TPSA) is 69.7 Å². The number of hydrogen-bond donors (Lipinski definition) is 2. The molecule has 2 aromatic carbocycles. The monoisotopic (exact) mass is 417 g/mol. The van der Waals surface area contributed by atoms with Gasteiger partial charge in [0.05, 0.1) is 0 Å². The minimum absolute atomic E-state index is 0.151. The Balaban J connectivity index is 1.60. The van der Waals surface area contributed by atoms with Crippen molar-refractivity contribution in [3.8, 4) is 5.75 Å². The summed E-state index contributed by atoms with van der Waals surface area (Å²) in [5.74, 6) is 1.29. The summed E-state index contributed by atoms with van der Waals surface area (Å²) in [4.78, 5) is 21.3. The summed E-state index contributed by atoms with van der Waals surface area (Å²) in [6.07, 6.45) is 1.37. The van der Waals surface area contributed by atoms with E-state index in [9.17, 15) is 4.79 Å². The van der Waals surface area contributed by atoms with Crippen LogP contribution in [-0.4, -0.2) is 44.0 Å². The second kappa shape index (κ2) is 8.65. The predicted octanol–water partition coefficient (Wildman–Crippen LogP) is 3.96. The number of nitrogens with zero attached hydrogens (tertiary/aromatic N) is 3. The van der Waals surface area contributed by atoms with Gasteiger partial charge in [-0.15, -0.1) is 0 Å². The molecule has 1 amide bonds. The summed E-state index contributed by atoms with van der Waals surface area (Å²) >= 11 is 0. The van der Waals surface area contributed by atoms with Crippen molar-refractivity contribution in [2.75, 3.05) is 43.7 Å². The molecule has 4 rings (SSSR count). The maximum Gasteiger partial charge on any atom is 0.255 e. The average Bonchev–Trinajstić information content (AvgIpc) is 3.17. The fourth-order valence-electron chi connectivity index (χ4n) is 3.55. The van der Waals surface area contributed by atoms with Gasteiger partial charge in [-0.1, -0.05) is 6.07 Å². The van der Waals surface area contributed by atoms with E-state index in [1.165, 1.54) is 0 Å². The zero-order valence-electron chi connectivity index (χ0n) is 18.2. The molecule has 2 N–H and O–H groups in total. The van der Waals surface area contributed by atoms with Crippen molar-refractivity contribution in [3.05, 3.63) is 77.5 Å². The molecule has 0 fully saturated rings. The third-order valence-electron chi connectivity index (χ3n) is 4.98. The smallest absolute Gasteiger partial charge is 0.255 e. The van der Waals surface area contributed by atoms with Crippen LogP contribution in [0.3, 0.4) is 0 Å². The average molecular weight is 418 g/mol. The highest BCUT2D eigenvalue weighted by atomic mass is 16.5. The van der Waals surface area contributed by atoms with E-state index >= 15 is 0 Å². The molecular formula is C24H27N5O2. The molecule has 7 nitrogen and oxygen atoms in total. The first-order chi connectivity index (χ1) is 14.9. The summed E-state index contributed by atoms with van der Waals surface area (Å²) in [6, 6.07) is 17.3. The summed E-state index contributed by atoms with van der Waals surface area (Å²) in [5, 5.41) is 6.35. The van der Waals surface area contributed by atoms with Gasteiger partial charge in [-0.25, -0.2) is 4.98 Å². The van der Waals surface area contributed by atoms with Gasteiger partial charge in [0.25, 0.3) is 5.91 Å². The number of nitrogens with one attached hydrogen (secondary N) is 2. The van der Waals surface area contributed by atoms with Crippen LogP contribution >= 0.6 is 0 Å². The number of carbonyl (C=O) groups excluding carboxylic acids is 1. The van der Waals surface area contributed by atoms with E-state index in [0.717, 1.165) is 40.6 Å². The van der Waals surface area contributed by atoms with Gasteiger partial charge < -0.3 is 25.2 Å². The first-order valence-corrected chi connectivity index (χ1v) is 10.1. The number of carbonyl (C=O) groups is 1. The number of hydrogen-bond acceptors (Lipinski definition) is 6. The fraction of sp³-hybridized carbons (Fsp3) is 0.250. The van der Waals surface area contributed by atoms with Gasteiger partial charge in [0.15, 0.2) is 17.8 Å². The lowest BCUT2D eigenvalue weighted by Gasteiger charge is -2.18. The standard InChI is InChI=1S/C24H27N5O2/c1-28(2)15-16-11-18(24-27-22-21(31-24)9-6-10-25-22)13-19(12-16)26-23(30)17-7-5-8-20(14-17)29(3)4/h5-14,24H,15H2,1-4H3,(H,25,27)(H,26,30). The molecule has 0 bridgehead atoms. The van der Waals surface area contributed by atoms with Crippen LogP contribution in [0.5, 0.6) is 5.75 Å². The quantitative estimate of drug-likeness (QED) is 0.633. The Hall–Kier alpha value is -3.58. The lowest BCUT2D eigenvalue weighted by Crippen LogP contribution is -2.17. The van der Waals surface area contributed by atoms with Gasteiger partial charge in [-0.05, 0) is 68.2 Å². The normalized spacial score (nSPS) is 14.5. The Kier molecular flexibility index (Phi) is 5.77. The molecule has 1 aliphatic rings. The van der Waals surface area contributed by atoms with Gasteiger partial charge in [0.1, 0.15) is 0 Å². The van der Waals surface area contributed by atoms with Gasteiger partial charge >= 0.3 is 0 Å². The van der Waals surface area contributed by atoms with E-state index < -0.39 is 0 Å². The molecule has 1 aromatic heterocycles. The summed E-state index contributed by atoms with van der Waals surface area (Å²) < 4.78 is 6.03. The van der Waals surface area contributed by atoms with Gasteiger partial charge in [-0.3, -0.25) is 4.79 Å². The molecule has 0 saturated carbocycles. The third-order valence-corrected chi connectivity index (χ3v) is 4.98. The van der Waals surface area contributed by atoms with Crippen LogP contribution < -0.4 is 20.3 Å². The van der Waals surface area contributed by atoms with Crippen molar-refractivity contribution in [2.45, 2.75) is 12.8 Å². The molecule has 0 radical (unpaired) electrons. The molecule has 0 spiro atoms. The van der Waals surface area contributed by atoms with Crippen molar-refractivity contribution >= 4 is 23.1 Å². The zero-order chi connectivity index (χ0) is 22.0. The number of pyridine rings is 1. The Morgan fingerprint density at radius 3 is 2.68 bits per heavy atom. The highest BCUT2D eigenvalue weighted by Crippen LogP contribution is 2.36. The first-order valence-electron chi connectivity index (χ1n) is 10.1. The first kappa shape index (κ1) is 20.7. The Bertz CT molecular complexity index is 1070. The van der Waals surface area contributed by atoms with Crippen molar-refractivity contribution in [1.82, 2.24) is 9.88 Å². The maximum atomic E-state index is 12.9. The van der Waals surface area contributed by atoms with E-state index in [1.54, 1.807) is 6.20 Å². The van der Waals surface area contributed by atoms with E-state index in [1.807, 2.05) is 81.6 Å². The highest BCUT2D eigenvalue weighted by Gasteiger charge is 2.25. The number of rotatable bonds is 6. The molecular weight excluding hydrogens is 390 g/mol. The number of fused-ring (bicyclic) bond motifs is 1. The maximum absolute atomic E-state index is 12.9. The molecule has 0 saturated heterocycles. The Morgan fingerprint density at radius 2 is 1.94 bits per heavy atom. The van der Waals surface area contributed by atoms with E-state index in [-0.39, 0.29) is 12.1 Å². The SMILES string of the molecule is CN(C)Cc1cc(NC(=O)c2cccc(N(C)C)c2)cc(C2Nc3ncccc3O2)c1. The Morgan fingerprint density at radius 1 is 1.10 bits per heavy atom. The second-order valence-corrected chi connectivity index (χ2v) is 8.09. The van der Waals surface area contributed by atoms with Crippen molar-refractivity contribution in [2.24, 2.45) is 0 Å². The van der Waals surface area contributed by atoms with Crippen molar-refractivity contribution in [3.63, 3.8) is 0 Å². The third kappa shape index (κ3) is 4.78.